The van der Waals surface area contributed by atoms with Gasteiger partial charge in [-0.25, -0.2) is 5.48 Å². The van der Waals surface area contributed by atoms with Crippen molar-refractivity contribution in [2.24, 2.45) is 17.8 Å². The van der Waals surface area contributed by atoms with Crippen LogP contribution in [0.4, 0.5) is 0 Å². The van der Waals surface area contributed by atoms with E-state index in [1.807, 2.05) is 0 Å². The summed E-state index contributed by atoms with van der Waals surface area (Å²) in [5.74, 6) is 2.24. The molecule has 0 aliphatic heterocycles. The van der Waals surface area contributed by atoms with Crippen molar-refractivity contribution in [2.75, 3.05) is 7.11 Å². The van der Waals surface area contributed by atoms with Crippen molar-refractivity contribution in [3.05, 3.63) is 0 Å². The quantitative estimate of drug-likeness (QED) is 0.729. The summed E-state index contributed by atoms with van der Waals surface area (Å²) in [6.07, 6.45) is 5.57. The van der Waals surface area contributed by atoms with Crippen molar-refractivity contribution in [1.82, 2.24) is 5.48 Å². The average Bonchev–Trinajstić information content (AvgIpc) is 2.18. The zero-order valence-electron chi connectivity index (χ0n) is 10.1. The second-order valence-electron chi connectivity index (χ2n) is 4.96. The predicted molar refractivity (Wildman–Crippen MR) is 60.1 cm³/mol. The fraction of sp³-hybridized carbons (Fsp3) is 0.917. The SMILES string of the molecule is CONC(=O)CC1CCC(C(C)C)CC1. The van der Waals surface area contributed by atoms with Gasteiger partial charge in [-0.1, -0.05) is 13.8 Å². The molecule has 0 radical (unpaired) electrons. The van der Waals surface area contributed by atoms with Crippen molar-refractivity contribution in [3.8, 4) is 0 Å². The molecule has 0 aromatic rings. The molecular weight excluding hydrogens is 190 g/mol. The van der Waals surface area contributed by atoms with Crippen LogP contribution >= 0.6 is 0 Å². The summed E-state index contributed by atoms with van der Waals surface area (Å²) in [6.45, 7) is 4.59. The molecule has 3 nitrogen and oxygen atoms in total. The van der Waals surface area contributed by atoms with Gasteiger partial charge in [0.25, 0.3) is 0 Å². The van der Waals surface area contributed by atoms with Gasteiger partial charge in [0, 0.05) is 6.42 Å². The van der Waals surface area contributed by atoms with Gasteiger partial charge in [-0.3, -0.25) is 9.63 Å². The maximum atomic E-state index is 11.3. The van der Waals surface area contributed by atoms with E-state index < -0.39 is 0 Å². The molecule has 0 aromatic carbocycles. The van der Waals surface area contributed by atoms with Gasteiger partial charge in [-0.15, -0.1) is 0 Å². The summed E-state index contributed by atoms with van der Waals surface area (Å²) in [5, 5.41) is 0. The maximum Gasteiger partial charge on any atom is 0.243 e. The van der Waals surface area contributed by atoms with Gasteiger partial charge < -0.3 is 0 Å². The molecule has 15 heavy (non-hydrogen) atoms. The molecule has 1 N–H and O–H groups in total. The van der Waals surface area contributed by atoms with Crippen LogP contribution in [0.15, 0.2) is 0 Å². The van der Waals surface area contributed by atoms with Crippen molar-refractivity contribution < 1.29 is 9.63 Å². The molecule has 0 atom stereocenters. The third-order valence-electron chi connectivity index (χ3n) is 3.52. The van der Waals surface area contributed by atoms with Crippen LogP contribution in [0, 0.1) is 17.8 Å². The summed E-state index contributed by atoms with van der Waals surface area (Å²) < 4.78 is 0. The first kappa shape index (κ1) is 12.5. The Morgan fingerprint density at radius 2 is 1.93 bits per heavy atom. The van der Waals surface area contributed by atoms with Crippen molar-refractivity contribution in [2.45, 2.75) is 46.0 Å². The molecule has 0 bridgehead atoms. The average molecular weight is 213 g/mol. The van der Waals surface area contributed by atoms with Crippen LogP contribution in [0.2, 0.25) is 0 Å². The molecule has 1 aliphatic carbocycles. The van der Waals surface area contributed by atoms with Crippen molar-refractivity contribution in [1.29, 1.82) is 0 Å². The van der Waals surface area contributed by atoms with E-state index in [2.05, 4.69) is 24.2 Å². The van der Waals surface area contributed by atoms with Gasteiger partial charge in [-0.05, 0) is 43.4 Å². The Bertz CT molecular complexity index is 196. The van der Waals surface area contributed by atoms with E-state index in [1.165, 1.54) is 32.8 Å². The summed E-state index contributed by atoms with van der Waals surface area (Å²) >= 11 is 0. The fourth-order valence-electron chi connectivity index (χ4n) is 2.48. The Morgan fingerprint density at radius 1 is 1.33 bits per heavy atom. The number of rotatable bonds is 4. The number of hydrogen-bond acceptors (Lipinski definition) is 2. The Labute approximate surface area is 92.5 Å². The molecule has 0 unspecified atom stereocenters. The first-order chi connectivity index (χ1) is 7.13. The number of carbonyl (C=O) groups excluding carboxylic acids is 1. The highest BCUT2D eigenvalue weighted by atomic mass is 16.6. The molecule has 1 amide bonds. The minimum Gasteiger partial charge on any atom is -0.277 e. The molecular formula is C12H23NO2. The third kappa shape index (κ3) is 4.20. The van der Waals surface area contributed by atoms with E-state index in [1.54, 1.807) is 0 Å². The van der Waals surface area contributed by atoms with Gasteiger partial charge in [0.15, 0.2) is 0 Å². The van der Waals surface area contributed by atoms with Gasteiger partial charge in [0.05, 0.1) is 7.11 Å². The summed E-state index contributed by atoms with van der Waals surface area (Å²) in [6, 6.07) is 0. The lowest BCUT2D eigenvalue weighted by molar-refractivity contribution is -0.132. The number of amides is 1. The maximum absolute atomic E-state index is 11.3. The number of carbonyl (C=O) groups is 1. The summed E-state index contributed by atoms with van der Waals surface area (Å²) in [7, 11) is 1.48. The van der Waals surface area contributed by atoms with E-state index in [9.17, 15) is 4.79 Å². The van der Waals surface area contributed by atoms with E-state index >= 15 is 0 Å². The van der Waals surface area contributed by atoms with Crippen LogP contribution in [0.1, 0.15) is 46.0 Å². The van der Waals surface area contributed by atoms with E-state index in [0.717, 1.165) is 11.8 Å². The molecule has 0 aromatic heterocycles. The standard InChI is InChI=1S/C12H23NO2/c1-9(2)11-6-4-10(5-7-11)8-12(14)13-15-3/h9-11H,4-8H2,1-3H3,(H,13,14). The predicted octanol–water partition coefficient (Wildman–Crippen LogP) is 2.52. The monoisotopic (exact) mass is 213 g/mol. The van der Waals surface area contributed by atoms with E-state index in [4.69, 9.17) is 0 Å². The molecule has 0 heterocycles. The topological polar surface area (TPSA) is 38.3 Å². The van der Waals surface area contributed by atoms with Crippen LogP contribution in [0.25, 0.3) is 0 Å². The zero-order valence-corrected chi connectivity index (χ0v) is 10.1. The van der Waals surface area contributed by atoms with Crippen LogP contribution < -0.4 is 5.48 Å². The fourth-order valence-corrected chi connectivity index (χ4v) is 2.48. The van der Waals surface area contributed by atoms with Crippen molar-refractivity contribution >= 4 is 5.91 Å². The minimum atomic E-state index is 0.0190. The molecule has 88 valence electrons. The largest absolute Gasteiger partial charge is 0.277 e. The minimum absolute atomic E-state index is 0.0190. The Hall–Kier alpha value is -0.570. The molecule has 1 rings (SSSR count). The van der Waals surface area contributed by atoms with Gasteiger partial charge >= 0.3 is 0 Å². The third-order valence-corrected chi connectivity index (χ3v) is 3.52. The first-order valence-electron chi connectivity index (χ1n) is 5.95. The normalized spacial score (nSPS) is 26.7. The van der Waals surface area contributed by atoms with Crippen LogP contribution in [-0.4, -0.2) is 13.0 Å². The number of hydroxylamine groups is 1. The van der Waals surface area contributed by atoms with Gasteiger partial charge in [0.2, 0.25) is 5.91 Å². The molecule has 0 spiro atoms. The Kier molecular flexibility index (Phi) is 5.09. The summed E-state index contributed by atoms with van der Waals surface area (Å²) in [4.78, 5) is 15.9. The van der Waals surface area contributed by atoms with Crippen LogP contribution in [-0.2, 0) is 9.63 Å². The van der Waals surface area contributed by atoms with Crippen LogP contribution in [0.5, 0.6) is 0 Å². The number of nitrogens with one attached hydrogen (secondary N) is 1. The smallest absolute Gasteiger partial charge is 0.243 e. The lowest BCUT2D eigenvalue weighted by atomic mass is 9.76. The van der Waals surface area contributed by atoms with Crippen LogP contribution in [0.3, 0.4) is 0 Å². The zero-order chi connectivity index (χ0) is 11.3. The van der Waals surface area contributed by atoms with E-state index in [-0.39, 0.29) is 5.91 Å². The number of hydrogen-bond donors (Lipinski definition) is 1. The molecule has 1 aliphatic rings. The Morgan fingerprint density at radius 3 is 2.40 bits per heavy atom. The molecule has 3 heteroatoms. The second-order valence-corrected chi connectivity index (χ2v) is 4.96. The highest BCUT2D eigenvalue weighted by Gasteiger charge is 2.24. The Balaban J connectivity index is 2.22. The second kappa shape index (κ2) is 6.11. The summed E-state index contributed by atoms with van der Waals surface area (Å²) in [5.41, 5.74) is 2.39. The molecule has 1 fully saturated rings. The molecule has 0 saturated heterocycles. The molecule has 1 saturated carbocycles. The highest BCUT2D eigenvalue weighted by Crippen LogP contribution is 2.34. The lowest BCUT2D eigenvalue weighted by Gasteiger charge is -2.30. The van der Waals surface area contributed by atoms with Gasteiger partial charge in [0.1, 0.15) is 0 Å². The van der Waals surface area contributed by atoms with E-state index in [0.29, 0.717) is 12.3 Å². The lowest BCUT2D eigenvalue weighted by Crippen LogP contribution is -2.27. The first-order valence-corrected chi connectivity index (χ1v) is 5.95. The highest BCUT2D eigenvalue weighted by molar-refractivity contribution is 5.74. The van der Waals surface area contributed by atoms with Crippen molar-refractivity contribution in [3.63, 3.8) is 0 Å². The van der Waals surface area contributed by atoms with Gasteiger partial charge in [-0.2, -0.15) is 0 Å².